The minimum atomic E-state index is -0.184. The number of carbonyl (C=O) groups excluding carboxylic acids is 1. The molecule has 2 aromatic carbocycles. The molecule has 0 aliphatic heterocycles. The molecule has 0 unspecified atom stereocenters. The third kappa shape index (κ3) is 4.44. The molecular formula is C24H18N2O4. The van der Waals surface area contributed by atoms with Crippen LogP contribution in [0.1, 0.15) is 11.3 Å². The monoisotopic (exact) mass is 398 g/mol. The van der Waals surface area contributed by atoms with Crippen molar-refractivity contribution >= 4 is 28.8 Å². The number of rotatable bonds is 7. The Balaban J connectivity index is 1.48. The number of furan rings is 1. The standard InChI is InChI=1S/C24H18N2O4/c27-19(13-14-20-7-5-15-29-20)12-11-18-6-1-4-10-23(18)30-17-26-16-25-22-9-3-2-8-21(22)24(26)28/h1-16H,17H2/b12-11+,14-13+. The Morgan fingerprint density at radius 1 is 1.00 bits per heavy atom. The van der Waals surface area contributed by atoms with Crippen LogP contribution in [0.3, 0.4) is 0 Å². The van der Waals surface area contributed by atoms with Crippen molar-refractivity contribution in [3.63, 3.8) is 0 Å². The molecule has 0 radical (unpaired) electrons. The van der Waals surface area contributed by atoms with Gasteiger partial charge in [-0.25, -0.2) is 4.98 Å². The van der Waals surface area contributed by atoms with Crippen LogP contribution in [0.25, 0.3) is 23.1 Å². The first kappa shape index (κ1) is 19.1. The molecule has 0 N–H and O–H groups in total. The normalized spacial score (nSPS) is 11.5. The molecule has 6 heteroatoms. The summed E-state index contributed by atoms with van der Waals surface area (Å²) in [4.78, 5) is 28.9. The Labute approximate surface area is 172 Å². The van der Waals surface area contributed by atoms with E-state index in [4.69, 9.17) is 9.15 Å². The lowest BCUT2D eigenvalue weighted by Gasteiger charge is -2.11. The summed E-state index contributed by atoms with van der Waals surface area (Å²) in [5.74, 6) is 0.975. The van der Waals surface area contributed by atoms with Crippen molar-refractivity contribution in [1.82, 2.24) is 9.55 Å². The molecule has 148 valence electrons. The van der Waals surface area contributed by atoms with Crippen LogP contribution in [-0.4, -0.2) is 15.3 Å². The lowest BCUT2D eigenvalue weighted by Crippen LogP contribution is -2.23. The summed E-state index contributed by atoms with van der Waals surface area (Å²) in [6.45, 7) is 0.00780. The van der Waals surface area contributed by atoms with Crippen molar-refractivity contribution < 1.29 is 13.9 Å². The quantitative estimate of drug-likeness (QED) is 0.434. The van der Waals surface area contributed by atoms with Gasteiger partial charge in [-0.3, -0.25) is 14.2 Å². The average Bonchev–Trinajstić information content (AvgIpc) is 3.30. The molecule has 30 heavy (non-hydrogen) atoms. The van der Waals surface area contributed by atoms with Crippen LogP contribution in [0, 0.1) is 0 Å². The summed E-state index contributed by atoms with van der Waals surface area (Å²) in [7, 11) is 0. The van der Waals surface area contributed by atoms with Crippen molar-refractivity contribution in [2.24, 2.45) is 0 Å². The molecule has 0 fully saturated rings. The van der Waals surface area contributed by atoms with E-state index in [9.17, 15) is 9.59 Å². The first-order valence-corrected chi connectivity index (χ1v) is 9.30. The van der Waals surface area contributed by atoms with Crippen LogP contribution >= 0.6 is 0 Å². The van der Waals surface area contributed by atoms with Gasteiger partial charge in [-0.15, -0.1) is 0 Å². The number of allylic oxidation sites excluding steroid dienone is 2. The molecule has 0 spiro atoms. The van der Waals surface area contributed by atoms with E-state index >= 15 is 0 Å². The van der Waals surface area contributed by atoms with Gasteiger partial charge < -0.3 is 9.15 Å². The van der Waals surface area contributed by atoms with Crippen molar-refractivity contribution in [2.45, 2.75) is 6.73 Å². The summed E-state index contributed by atoms with van der Waals surface area (Å²) >= 11 is 0. The highest BCUT2D eigenvalue weighted by molar-refractivity contribution is 6.04. The van der Waals surface area contributed by atoms with Gasteiger partial charge >= 0.3 is 0 Å². The van der Waals surface area contributed by atoms with Gasteiger partial charge in [0.25, 0.3) is 5.56 Å². The molecule has 0 aliphatic rings. The molecule has 0 saturated heterocycles. The fourth-order valence-electron chi connectivity index (χ4n) is 2.86. The van der Waals surface area contributed by atoms with Crippen molar-refractivity contribution in [3.8, 4) is 5.75 Å². The topological polar surface area (TPSA) is 74.3 Å². The minimum absolute atomic E-state index is 0.00780. The molecule has 0 aliphatic carbocycles. The van der Waals surface area contributed by atoms with Gasteiger partial charge in [0.05, 0.1) is 17.2 Å². The summed E-state index contributed by atoms with van der Waals surface area (Å²) in [5.41, 5.74) is 1.19. The number of aromatic nitrogens is 2. The number of ether oxygens (including phenoxy) is 1. The third-order valence-corrected chi connectivity index (χ3v) is 4.39. The number of nitrogens with zero attached hydrogens (tertiary/aromatic N) is 2. The van der Waals surface area contributed by atoms with Gasteiger partial charge in [0.2, 0.25) is 0 Å². The maximum atomic E-state index is 12.6. The van der Waals surface area contributed by atoms with E-state index in [1.165, 1.54) is 23.0 Å². The second kappa shape index (κ2) is 8.87. The third-order valence-electron chi connectivity index (χ3n) is 4.39. The van der Waals surface area contributed by atoms with Crippen LogP contribution in [0.4, 0.5) is 0 Å². The molecule has 2 heterocycles. The second-order valence-corrected chi connectivity index (χ2v) is 6.43. The zero-order valence-electron chi connectivity index (χ0n) is 16.0. The summed E-state index contributed by atoms with van der Waals surface area (Å²) < 4.78 is 12.4. The van der Waals surface area contributed by atoms with Crippen LogP contribution in [-0.2, 0) is 11.5 Å². The van der Waals surface area contributed by atoms with Crippen molar-refractivity contribution in [3.05, 3.63) is 107 Å². The Bertz CT molecular complexity index is 1280. The first-order valence-electron chi connectivity index (χ1n) is 9.30. The van der Waals surface area contributed by atoms with Crippen LogP contribution in [0.5, 0.6) is 5.75 Å². The zero-order chi connectivity index (χ0) is 20.8. The van der Waals surface area contributed by atoms with E-state index in [0.717, 1.165) is 5.56 Å². The highest BCUT2D eigenvalue weighted by atomic mass is 16.5. The minimum Gasteiger partial charge on any atom is -0.472 e. The predicted octanol–water partition coefficient (Wildman–Crippen LogP) is 4.32. The summed E-state index contributed by atoms with van der Waals surface area (Å²) in [6.07, 6.45) is 9.17. The van der Waals surface area contributed by atoms with Gasteiger partial charge in [-0.1, -0.05) is 30.3 Å². The number of hydrogen-bond donors (Lipinski definition) is 0. The Kier molecular flexibility index (Phi) is 5.66. The van der Waals surface area contributed by atoms with Gasteiger partial charge in [0.1, 0.15) is 17.8 Å². The molecule has 6 nitrogen and oxygen atoms in total. The van der Waals surface area contributed by atoms with E-state index in [0.29, 0.717) is 22.4 Å². The van der Waals surface area contributed by atoms with Gasteiger partial charge in [0.15, 0.2) is 12.5 Å². The van der Waals surface area contributed by atoms with Crippen LogP contribution < -0.4 is 10.3 Å². The number of carbonyl (C=O) groups is 1. The average molecular weight is 398 g/mol. The Hall–Kier alpha value is -4.19. The zero-order valence-corrected chi connectivity index (χ0v) is 16.0. The van der Waals surface area contributed by atoms with E-state index in [-0.39, 0.29) is 18.1 Å². The van der Waals surface area contributed by atoms with Gasteiger partial charge in [-0.05, 0) is 54.6 Å². The van der Waals surface area contributed by atoms with Gasteiger partial charge in [-0.2, -0.15) is 0 Å². The fourth-order valence-corrected chi connectivity index (χ4v) is 2.86. The van der Waals surface area contributed by atoms with E-state index in [2.05, 4.69) is 4.98 Å². The molecule has 0 bridgehead atoms. The maximum Gasteiger partial charge on any atom is 0.263 e. The smallest absolute Gasteiger partial charge is 0.263 e. The Morgan fingerprint density at radius 3 is 2.67 bits per heavy atom. The number of benzene rings is 2. The second-order valence-electron chi connectivity index (χ2n) is 6.43. The van der Waals surface area contributed by atoms with Crippen LogP contribution in [0.2, 0.25) is 0 Å². The Morgan fingerprint density at radius 2 is 1.80 bits per heavy atom. The lowest BCUT2D eigenvalue weighted by molar-refractivity contribution is -0.110. The van der Waals surface area contributed by atoms with Crippen LogP contribution in [0.15, 0.2) is 94.6 Å². The maximum absolute atomic E-state index is 12.6. The largest absolute Gasteiger partial charge is 0.472 e. The van der Waals surface area contributed by atoms with Gasteiger partial charge in [0, 0.05) is 5.56 Å². The number of fused-ring (bicyclic) bond motifs is 1. The van der Waals surface area contributed by atoms with Crippen molar-refractivity contribution in [2.75, 3.05) is 0 Å². The van der Waals surface area contributed by atoms with E-state index < -0.39 is 0 Å². The lowest BCUT2D eigenvalue weighted by atomic mass is 10.1. The number of ketones is 1. The fraction of sp³-hybridized carbons (Fsp3) is 0.0417. The summed E-state index contributed by atoms with van der Waals surface area (Å²) in [5, 5.41) is 0.533. The number of hydrogen-bond acceptors (Lipinski definition) is 5. The highest BCUT2D eigenvalue weighted by Gasteiger charge is 2.05. The SMILES string of the molecule is O=C(/C=C/c1ccco1)/C=C/c1ccccc1OCn1cnc2ccccc2c1=O. The molecule has 0 amide bonds. The molecule has 4 rings (SSSR count). The van der Waals surface area contributed by atoms with E-state index in [1.54, 1.807) is 54.8 Å². The number of para-hydroxylation sites is 2. The predicted molar refractivity (Wildman–Crippen MR) is 115 cm³/mol. The summed E-state index contributed by atoms with van der Waals surface area (Å²) in [6, 6.07) is 18.0. The molecule has 0 saturated carbocycles. The first-order chi connectivity index (χ1) is 14.7. The van der Waals surface area contributed by atoms with E-state index in [1.807, 2.05) is 24.3 Å². The molecule has 4 aromatic rings. The van der Waals surface area contributed by atoms with Crippen molar-refractivity contribution in [1.29, 1.82) is 0 Å². The molecular weight excluding hydrogens is 380 g/mol. The highest BCUT2D eigenvalue weighted by Crippen LogP contribution is 2.20. The molecule has 0 atom stereocenters. The molecule has 2 aromatic heterocycles.